The molecular weight excluding hydrogens is 348 g/mol. The van der Waals surface area contributed by atoms with Gasteiger partial charge in [0.2, 0.25) is 10.0 Å². The number of nitrogens with one attached hydrogen (secondary N) is 1. The molecule has 126 valence electrons. The molecule has 4 nitrogen and oxygen atoms in total. The second kappa shape index (κ2) is 7.79. The van der Waals surface area contributed by atoms with Crippen LogP contribution in [-0.2, 0) is 10.0 Å². The summed E-state index contributed by atoms with van der Waals surface area (Å²) >= 11 is 3.26. The summed E-state index contributed by atoms with van der Waals surface area (Å²) in [5.74, 6) is 0.848. The lowest BCUT2D eigenvalue weighted by molar-refractivity contribution is 0.579. The van der Waals surface area contributed by atoms with Crippen LogP contribution in [-0.4, -0.2) is 25.7 Å². The lowest BCUT2D eigenvalue weighted by atomic mass is 10.0. The Morgan fingerprint density at radius 1 is 1.17 bits per heavy atom. The maximum absolute atomic E-state index is 12.6. The fraction of sp³-hybridized carbons (Fsp3) is 0.438. The van der Waals surface area contributed by atoms with Crippen LogP contribution in [0.2, 0.25) is 0 Å². The summed E-state index contributed by atoms with van der Waals surface area (Å²) in [5, 5.41) is 1.94. The molecular formula is C16H22N2O2S3. The number of thiazole rings is 1. The van der Waals surface area contributed by atoms with Gasteiger partial charge in [0.1, 0.15) is 4.34 Å². The lowest BCUT2D eigenvalue weighted by Gasteiger charge is -2.16. The summed E-state index contributed by atoms with van der Waals surface area (Å²) in [5.41, 5.74) is 3.68. The Hall–Kier alpha value is -0.890. The third kappa shape index (κ3) is 4.56. The SMILES string of the molecule is Cc1cc(C)c(C)c(S(=O)(=O)NCCCSc2nccs2)c1C. The number of thioether (sulfide) groups is 1. The van der Waals surface area contributed by atoms with Gasteiger partial charge in [0.25, 0.3) is 0 Å². The molecule has 0 atom stereocenters. The van der Waals surface area contributed by atoms with E-state index in [1.807, 2.05) is 39.1 Å². The van der Waals surface area contributed by atoms with Crippen LogP contribution in [0.4, 0.5) is 0 Å². The van der Waals surface area contributed by atoms with Crippen molar-refractivity contribution < 1.29 is 8.42 Å². The van der Waals surface area contributed by atoms with Crippen LogP contribution in [0.25, 0.3) is 0 Å². The molecule has 7 heteroatoms. The molecule has 0 saturated carbocycles. The summed E-state index contributed by atoms with van der Waals surface area (Å²) in [4.78, 5) is 4.63. The van der Waals surface area contributed by atoms with Crippen molar-refractivity contribution in [2.24, 2.45) is 0 Å². The van der Waals surface area contributed by atoms with Gasteiger partial charge in [-0.3, -0.25) is 0 Å². The topological polar surface area (TPSA) is 59.1 Å². The summed E-state index contributed by atoms with van der Waals surface area (Å²) in [6.07, 6.45) is 2.55. The Morgan fingerprint density at radius 2 is 1.83 bits per heavy atom. The van der Waals surface area contributed by atoms with Gasteiger partial charge in [0, 0.05) is 23.9 Å². The molecule has 1 heterocycles. The fourth-order valence-electron chi connectivity index (χ4n) is 2.38. The van der Waals surface area contributed by atoms with E-state index < -0.39 is 10.0 Å². The summed E-state index contributed by atoms with van der Waals surface area (Å²) in [6, 6.07) is 2.04. The predicted molar refractivity (Wildman–Crippen MR) is 98.0 cm³/mol. The predicted octanol–water partition coefficient (Wildman–Crippen LogP) is 3.84. The first kappa shape index (κ1) is 18.4. The van der Waals surface area contributed by atoms with Crippen molar-refractivity contribution in [3.05, 3.63) is 39.9 Å². The van der Waals surface area contributed by atoms with Gasteiger partial charge in [-0.1, -0.05) is 17.8 Å². The molecule has 0 bridgehead atoms. The van der Waals surface area contributed by atoms with Crippen LogP contribution in [0.5, 0.6) is 0 Å². The third-order valence-corrected chi connectivity index (χ3v) is 7.60. The Labute approximate surface area is 146 Å². The highest BCUT2D eigenvalue weighted by Crippen LogP contribution is 2.26. The lowest BCUT2D eigenvalue weighted by Crippen LogP contribution is -2.27. The number of sulfonamides is 1. The molecule has 0 aliphatic heterocycles. The Kier molecular flexibility index (Phi) is 6.25. The molecule has 1 N–H and O–H groups in total. The zero-order valence-corrected chi connectivity index (χ0v) is 16.3. The molecule has 1 aromatic carbocycles. The van der Waals surface area contributed by atoms with Gasteiger partial charge in [0.15, 0.2) is 0 Å². The minimum absolute atomic E-state index is 0.433. The van der Waals surface area contributed by atoms with Crippen molar-refractivity contribution in [2.45, 2.75) is 43.4 Å². The van der Waals surface area contributed by atoms with E-state index in [0.717, 1.165) is 38.8 Å². The highest BCUT2D eigenvalue weighted by atomic mass is 32.2. The van der Waals surface area contributed by atoms with Gasteiger partial charge in [-0.25, -0.2) is 18.1 Å². The molecule has 0 amide bonds. The first-order chi connectivity index (χ1) is 10.8. The minimum Gasteiger partial charge on any atom is -0.238 e. The smallest absolute Gasteiger partial charge is 0.238 e. The zero-order chi connectivity index (χ0) is 17.0. The van der Waals surface area contributed by atoms with Gasteiger partial charge in [0.05, 0.1) is 4.90 Å². The van der Waals surface area contributed by atoms with E-state index in [0.29, 0.717) is 11.4 Å². The number of rotatable bonds is 7. The van der Waals surface area contributed by atoms with Gasteiger partial charge in [-0.05, 0) is 56.4 Å². The van der Waals surface area contributed by atoms with Crippen LogP contribution in [0.1, 0.15) is 28.7 Å². The van der Waals surface area contributed by atoms with Gasteiger partial charge >= 0.3 is 0 Å². The van der Waals surface area contributed by atoms with Crippen molar-refractivity contribution in [1.29, 1.82) is 0 Å². The van der Waals surface area contributed by atoms with Crippen molar-refractivity contribution in [2.75, 3.05) is 12.3 Å². The first-order valence-corrected chi connectivity index (χ1v) is 10.8. The van der Waals surface area contributed by atoms with Crippen molar-refractivity contribution >= 4 is 33.1 Å². The van der Waals surface area contributed by atoms with Crippen LogP contribution in [0.15, 0.2) is 26.9 Å². The van der Waals surface area contributed by atoms with Crippen LogP contribution < -0.4 is 4.72 Å². The maximum Gasteiger partial charge on any atom is 0.241 e. The number of hydrogen-bond acceptors (Lipinski definition) is 5. The Bertz CT molecular complexity index is 743. The molecule has 1 aromatic heterocycles. The van der Waals surface area contributed by atoms with E-state index in [9.17, 15) is 8.42 Å². The largest absolute Gasteiger partial charge is 0.241 e. The van der Waals surface area contributed by atoms with E-state index in [-0.39, 0.29) is 0 Å². The molecule has 23 heavy (non-hydrogen) atoms. The summed E-state index contributed by atoms with van der Waals surface area (Å²) in [7, 11) is -3.47. The fourth-order valence-corrected chi connectivity index (χ4v) is 5.71. The number of benzene rings is 1. The monoisotopic (exact) mass is 370 g/mol. The highest BCUT2D eigenvalue weighted by Gasteiger charge is 2.21. The van der Waals surface area contributed by atoms with Gasteiger partial charge in [-0.15, -0.1) is 11.3 Å². The summed E-state index contributed by atoms with van der Waals surface area (Å²) in [6.45, 7) is 8.08. The maximum atomic E-state index is 12.6. The molecule has 2 aromatic rings. The molecule has 0 saturated heterocycles. The van der Waals surface area contributed by atoms with Gasteiger partial charge < -0.3 is 0 Å². The molecule has 0 fully saturated rings. The van der Waals surface area contributed by atoms with Crippen molar-refractivity contribution in [1.82, 2.24) is 9.71 Å². The average Bonchev–Trinajstić information content (AvgIpc) is 2.98. The number of hydrogen-bond donors (Lipinski definition) is 1. The molecule has 0 radical (unpaired) electrons. The Morgan fingerprint density at radius 3 is 2.39 bits per heavy atom. The minimum atomic E-state index is -3.47. The third-order valence-electron chi connectivity index (χ3n) is 3.81. The molecule has 0 aliphatic rings. The van der Waals surface area contributed by atoms with E-state index in [4.69, 9.17) is 0 Å². The van der Waals surface area contributed by atoms with Gasteiger partial charge in [-0.2, -0.15) is 0 Å². The van der Waals surface area contributed by atoms with E-state index >= 15 is 0 Å². The number of aromatic nitrogens is 1. The van der Waals surface area contributed by atoms with Crippen molar-refractivity contribution in [3.8, 4) is 0 Å². The zero-order valence-electron chi connectivity index (χ0n) is 13.8. The molecule has 0 aliphatic carbocycles. The Balaban J connectivity index is 1.99. The second-order valence-electron chi connectivity index (χ2n) is 5.49. The van der Waals surface area contributed by atoms with E-state index in [1.165, 1.54) is 0 Å². The molecule has 0 unspecified atom stereocenters. The quantitative estimate of drug-likeness (QED) is 0.594. The molecule has 2 rings (SSSR count). The first-order valence-electron chi connectivity index (χ1n) is 7.42. The summed E-state index contributed by atoms with van der Waals surface area (Å²) < 4.78 is 29.0. The van der Waals surface area contributed by atoms with E-state index in [1.54, 1.807) is 29.3 Å². The van der Waals surface area contributed by atoms with Crippen LogP contribution in [0.3, 0.4) is 0 Å². The second-order valence-corrected chi connectivity index (χ2v) is 9.43. The van der Waals surface area contributed by atoms with E-state index in [2.05, 4.69) is 9.71 Å². The number of aryl methyl sites for hydroxylation is 2. The normalized spacial score (nSPS) is 11.8. The molecule has 0 spiro atoms. The highest BCUT2D eigenvalue weighted by molar-refractivity contribution is 8.01. The number of nitrogens with zero attached hydrogens (tertiary/aromatic N) is 1. The van der Waals surface area contributed by atoms with Crippen molar-refractivity contribution in [3.63, 3.8) is 0 Å². The standard InChI is InChI=1S/C16H22N2O2S3/c1-11-10-12(2)14(4)15(13(11)3)23(19,20)18-6-5-8-21-16-17-7-9-22-16/h7,9-10,18H,5-6,8H2,1-4H3. The average molecular weight is 371 g/mol. The van der Waals surface area contributed by atoms with Crippen LogP contribution in [0, 0.1) is 27.7 Å². The van der Waals surface area contributed by atoms with Crippen LogP contribution >= 0.6 is 23.1 Å².